The Morgan fingerprint density at radius 3 is 2.64 bits per heavy atom. The van der Waals surface area contributed by atoms with Gasteiger partial charge in [-0.2, -0.15) is 5.10 Å². The second kappa shape index (κ2) is 6.68. The molecular formula is C14H18ClN3O3S. The number of hydrogen-bond acceptors (Lipinski definition) is 4. The minimum absolute atomic E-state index is 0.161. The molecule has 2 rings (SSSR count). The molecule has 0 spiro atoms. The number of aryl methyl sites for hydroxylation is 3. The van der Waals surface area contributed by atoms with E-state index in [1.54, 1.807) is 32.0 Å². The van der Waals surface area contributed by atoms with Gasteiger partial charge < -0.3 is 4.74 Å². The molecule has 120 valence electrons. The number of sulfonamides is 1. The Balaban J connectivity index is 1.94. The summed E-state index contributed by atoms with van der Waals surface area (Å²) in [5.41, 5.74) is 1.86. The van der Waals surface area contributed by atoms with Gasteiger partial charge in [0.15, 0.2) is 0 Å². The Morgan fingerprint density at radius 2 is 2.05 bits per heavy atom. The number of aromatic amines is 1. The van der Waals surface area contributed by atoms with Gasteiger partial charge in [-0.25, -0.2) is 13.1 Å². The topological polar surface area (TPSA) is 84.1 Å². The SMILES string of the molecule is Cc1cc(Cl)ccc1OCCNS(=O)(=O)c1c(C)n[nH]c1C. The molecule has 2 N–H and O–H groups in total. The summed E-state index contributed by atoms with van der Waals surface area (Å²) in [6, 6.07) is 5.28. The molecule has 0 atom stereocenters. The molecule has 22 heavy (non-hydrogen) atoms. The summed E-state index contributed by atoms with van der Waals surface area (Å²) in [7, 11) is -3.59. The number of nitrogens with zero attached hydrogens (tertiary/aromatic N) is 1. The van der Waals surface area contributed by atoms with Crippen molar-refractivity contribution in [2.24, 2.45) is 0 Å². The van der Waals surface area contributed by atoms with Crippen LogP contribution in [0.4, 0.5) is 0 Å². The van der Waals surface area contributed by atoms with E-state index in [2.05, 4.69) is 14.9 Å². The first kappa shape index (κ1) is 16.8. The fourth-order valence-electron chi connectivity index (χ4n) is 2.12. The number of rotatable bonds is 6. The molecule has 1 heterocycles. The highest BCUT2D eigenvalue weighted by Gasteiger charge is 2.21. The van der Waals surface area contributed by atoms with Crippen molar-refractivity contribution in [3.8, 4) is 5.75 Å². The summed E-state index contributed by atoms with van der Waals surface area (Å²) < 4.78 is 32.5. The summed E-state index contributed by atoms with van der Waals surface area (Å²) >= 11 is 5.87. The van der Waals surface area contributed by atoms with Gasteiger partial charge in [-0.3, -0.25) is 5.10 Å². The lowest BCUT2D eigenvalue weighted by atomic mass is 10.2. The van der Waals surface area contributed by atoms with Gasteiger partial charge in [-0.15, -0.1) is 0 Å². The standard InChI is InChI=1S/C14H18ClN3O3S/c1-9-8-12(15)4-5-13(9)21-7-6-16-22(19,20)14-10(2)17-18-11(14)3/h4-5,8,16H,6-7H2,1-3H3,(H,17,18). The summed E-state index contributed by atoms with van der Waals surface area (Å²) in [6.07, 6.45) is 0. The Hall–Kier alpha value is -1.57. The van der Waals surface area contributed by atoms with Crippen LogP contribution in [0.15, 0.2) is 23.1 Å². The van der Waals surface area contributed by atoms with Crippen LogP contribution in [-0.2, 0) is 10.0 Å². The van der Waals surface area contributed by atoms with Gasteiger partial charge in [0.2, 0.25) is 10.0 Å². The fraction of sp³-hybridized carbons (Fsp3) is 0.357. The highest BCUT2D eigenvalue weighted by Crippen LogP contribution is 2.21. The highest BCUT2D eigenvalue weighted by atomic mass is 35.5. The van der Waals surface area contributed by atoms with Crippen LogP contribution in [-0.4, -0.2) is 31.8 Å². The summed E-state index contributed by atoms with van der Waals surface area (Å²) in [4.78, 5) is 0.190. The number of ether oxygens (including phenoxy) is 1. The van der Waals surface area contributed by atoms with E-state index in [4.69, 9.17) is 16.3 Å². The van der Waals surface area contributed by atoms with Crippen LogP contribution in [0.25, 0.3) is 0 Å². The first-order valence-electron chi connectivity index (χ1n) is 6.71. The number of H-pyrrole nitrogens is 1. The Morgan fingerprint density at radius 1 is 1.32 bits per heavy atom. The Labute approximate surface area is 134 Å². The average molecular weight is 344 g/mol. The lowest BCUT2D eigenvalue weighted by molar-refractivity contribution is 0.320. The first-order chi connectivity index (χ1) is 10.3. The van der Waals surface area contributed by atoms with Crippen molar-refractivity contribution in [2.75, 3.05) is 13.2 Å². The second-order valence-corrected chi connectivity index (χ2v) is 7.06. The van der Waals surface area contributed by atoms with Crippen molar-refractivity contribution in [1.82, 2.24) is 14.9 Å². The van der Waals surface area contributed by atoms with E-state index in [0.29, 0.717) is 22.2 Å². The molecule has 2 aromatic rings. The lowest BCUT2D eigenvalue weighted by Crippen LogP contribution is -2.29. The third-order valence-corrected chi connectivity index (χ3v) is 5.08. The van der Waals surface area contributed by atoms with Gasteiger partial charge >= 0.3 is 0 Å². The predicted molar refractivity (Wildman–Crippen MR) is 84.9 cm³/mol. The highest BCUT2D eigenvalue weighted by molar-refractivity contribution is 7.89. The molecule has 0 aliphatic rings. The number of nitrogens with one attached hydrogen (secondary N) is 2. The lowest BCUT2D eigenvalue weighted by Gasteiger charge is -2.10. The molecule has 1 aromatic carbocycles. The Bertz CT molecular complexity index is 752. The maximum absolute atomic E-state index is 12.2. The van der Waals surface area contributed by atoms with E-state index < -0.39 is 10.0 Å². The van der Waals surface area contributed by atoms with Gasteiger partial charge in [0.05, 0.1) is 11.4 Å². The predicted octanol–water partition coefficient (Wildman–Crippen LogP) is 2.35. The van der Waals surface area contributed by atoms with Crippen molar-refractivity contribution >= 4 is 21.6 Å². The number of halogens is 1. The molecule has 0 amide bonds. The first-order valence-corrected chi connectivity index (χ1v) is 8.57. The zero-order chi connectivity index (χ0) is 16.3. The summed E-state index contributed by atoms with van der Waals surface area (Å²) in [5.74, 6) is 0.680. The smallest absolute Gasteiger partial charge is 0.244 e. The quantitative estimate of drug-likeness (QED) is 0.788. The summed E-state index contributed by atoms with van der Waals surface area (Å²) in [6.45, 7) is 5.57. The van der Waals surface area contributed by atoms with Crippen LogP contribution in [0.3, 0.4) is 0 Å². The molecule has 0 saturated heterocycles. The maximum Gasteiger partial charge on any atom is 0.244 e. The van der Waals surface area contributed by atoms with Gasteiger partial charge in [-0.1, -0.05) is 11.6 Å². The summed E-state index contributed by atoms with van der Waals surface area (Å²) in [5, 5.41) is 7.18. The molecule has 0 fully saturated rings. The molecule has 0 saturated carbocycles. The second-order valence-electron chi connectivity index (χ2n) is 4.92. The molecule has 0 bridgehead atoms. The van der Waals surface area contributed by atoms with E-state index in [1.807, 2.05) is 6.92 Å². The molecule has 0 aliphatic carbocycles. The number of hydrogen-bond donors (Lipinski definition) is 2. The molecule has 0 aliphatic heterocycles. The van der Waals surface area contributed by atoms with E-state index in [1.165, 1.54) is 0 Å². The molecule has 0 unspecified atom stereocenters. The zero-order valence-electron chi connectivity index (χ0n) is 12.6. The minimum Gasteiger partial charge on any atom is -0.492 e. The van der Waals surface area contributed by atoms with Crippen LogP contribution in [0.1, 0.15) is 17.0 Å². The van der Waals surface area contributed by atoms with Gasteiger partial charge in [0.25, 0.3) is 0 Å². The maximum atomic E-state index is 12.2. The van der Waals surface area contributed by atoms with Crippen molar-refractivity contribution < 1.29 is 13.2 Å². The largest absolute Gasteiger partial charge is 0.492 e. The van der Waals surface area contributed by atoms with Crippen LogP contribution < -0.4 is 9.46 Å². The van der Waals surface area contributed by atoms with Crippen LogP contribution in [0.5, 0.6) is 5.75 Å². The number of aromatic nitrogens is 2. The van der Waals surface area contributed by atoms with E-state index in [-0.39, 0.29) is 18.0 Å². The van der Waals surface area contributed by atoms with Crippen molar-refractivity contribution in [3.63, 3.8) is 0 Å². The monoisotopic (exact) mass is 343 g/mol. The van der Waals surface area contributed by atoms with Gasteiger partial charge in [-0.05, 0) is 44.5 Å². The molecule has 8 heteroatoms. The third kappa shape index (κ3) is 3.79. The van der Waals surface area contributed by atoms with Crippen molar-refractivity contribution in [1.29, 1.82) is 0 Å². The molecule has 6 nitrogen and oxygen atoms in total. The Kier molecular flexibility index (Phi) is 5.10. The van der Waals surface area contributed by atoms with Crippen molar-refractivity contribution in [3.05, 3.63) is 40.2 Å². The molecule has 0 radical (unpaired) electrons. The number of benzene rings is 1. The molecule has 1 aromatic heterocycles. The van der Waals surface area contributed by atoms with E-state index in [9.17, 15) is 8.42 Å². The van der Waals surface area contributed by atoms with Gasteiger partial charge in [0.1, 0.15) is 17.3 Å². The minimum atomic E-state index is -3.59. The van der Waals surface area contributed by atoms with Gasteiger partial charge in [0, 0.05) is 11.6 Å². The fourth-order valence-corrected chi connectivity index (χ4v) is 3.73. The zero-order valence-corrected chi connectivity index (χ0v) is 14.2. The molecular weight excluding hydrogens is 326 g/mol. The third-order valence-electron chi connectivity index (χ3n) is 3.12. The van der Waals surface area contributed by atoms with Crippen LogP contribution >= 0.6 is 11.6 Å². The average Bonchev–Trinajstić information content (AvgIpc) is 2.77. The normalized spacial score (nSPS) is 11.6. The van der Waals surface area contributed by atoms with E-state index >= 15 is 0 Å². The van der Waals surface area contributed by atoms with Crippen LogP contribution in [0, 0.1) is 20.8 Å². The van der Waals surface area contributed by atoms with Crippen LogP contribution in [0.2, 0.25) is 5.02 Å². The van der Waals surface area contributed by atoms with E-state index in [0.717, 1.165) is 5.56 Å². The van der Waals surface area contributed by atoms with Crippen molar-refractivity contribution in [2.45, 2.75) is 25.7 Å².